The number of rotatable bonds is 11. The third kappa shape index (κ3) is 6.36. The molecule has 0 saturated heterocycles. The van der Waals surface area contributed by atoms with E-state index >= 15 is 0 Å². The predicted molar refractivity (Wildman–Crippen MR) is 158 cm³/mol. The van der Waals surface area contributed by atoms with Gasteiger partial charge in [-0.2, -0.15) is 0 Å². The number of nitro benzene ring substituents is 1. The molecule has 0 bridgehead atoms. The molecule has 0 unspecified atom stereocenters. The zero-order valence-corrected chi connectivity index (χ0v) is 23.7. The molecule has 2 N–H and O–H groups in total. The van der Waals surface area contributed by atoms with E-state index in [-0.39, 0.29) is 28.4 Å². The lowest BCUT2D eigenvalue weighted by atomic mass is 10.2. The number of hydrogen-bond donors (Lipinski definition) is 2. The quantitative estimate of drug-likeness (QED) is 0.129. The van der Waals surface area contributed by atoms with Gasteiger partial charge in [-0.15, -0.1) is 0 Å². The molecule has 0 saturated carbocycles. The number of nitro groups is 1. The lowest BCUT2D eigenvalue weighted by molar-refractivity contribution is -0.384. The van der Waals surface area contributed by atoms with Crippen molar-refractivity contribution < 1.29 is 33.2 Å². The molecule has 0 aliphatic carbocycles. The van der Waals surface area contributed by atoms with Crippen LogP contribution in [0.25, 0.3) is 0 Å². The van der Waals surface area contributed by atoms with Crippen molar-refractivity contribution in [3.8, 4) is 11.5 Å². The number of hydrogen-bond acceptors (Lipinski definition) is 10. The van der Waals surface area contributed by atoms with Gasteiger partial charge in [0.1, 0.15) is 27.9 Å². The van der Waals surface area contributed by atoms with Gasteiger partial charge in [0.25, 0.3) is 23.4 Å². The molecule has 218 valence electrons. The number of methoxy groups -OCH3 is 2. The average Bonchev–Trinajstić information content (AvgIpc) is 3.61. The van der Waals surface area contributed by atoms with Crippen LogP contribution < -0.4 is 20.1 Å². The fraction of sp³-hybridized carbons (Fsp3) is 0.100. The second kappa shape index (κ2) is 12.5. The highest BCUT2D eigenvalue weighted by Gasteiger charge is 2.40. The van der Waals surface area contributed by atoms with Crippen LogP contribution in [0.1, 0.15) is 16.1 Å². The minimum Gasteiger partial charge on any atom is -0.497 e. The number of thioether (sulfide) groups is 1. The predicted octanol–water partition coefficient (Wildman–Crippen LogP) is 5.44. The first-order valence-corrected chi connectivity index (χ1v) is 13.5. The highest BCUT2D eigenvalue weighted by atomic mass is 32.2. The largest absolute Gasteiger partial charge is 0.497 e. The minimum atomic E-state index is -0.541. The second-order valence-electron chi connectivity index (χ2n) is 9.06. The molecule has 0 fully saturated rings. The molecule has 1 aromatic heterocycles. The van der Waals surface area contributed by atoms with Gasteiger partial charge >= 0.3 is 0 Å². The summed E-state index contributed by atoms with van der Waals surface area (Å²) in [6.45, 7) is -0.0483. The van der Waals surface area contributed by atoms with Gasteiger partial charge in [0.05, 0.1) is 37.6 Å². The normalized spacial score (nSPS) is 12.8. The molecule has 43 heavy (non-hydrogen) atoms. The van der Waals surface area contributed by atoms with Gasteiger partial charge < -0.3 is 24.5 Å². The van der Waals surface area contributed by atoms with E-state index < -0.39 is 22.6 Å². The summed E-state index contributed by atoms with van der Waals surface area (Å²) in [6, 6.07) is 20.3. The van der Waals surface area contributed by atoms with E-state index in [1.165, 1.54) is 44.7 Å². The van der Waals surface area contributed by atoms with Crippen LogP contribution >= 0.6 is 11.8 Å². The molecule has 5 rings (SSSR count). The Labute approximate surface area is 249 Å². The van der Waals surface area contributed by atoms with Crippen molar-refractivity contribution in [2.24, 2.45) is 0 Å². The monoisotopic (exact) mass is 600 g/mol. The molecule has 2 heterocycles. The van der Waals surface area contributed by atoms with Crippen molar-refractivity contribution in [3.63, 3.8) is 0 Å². The van der Waals surface area contributed by atoms with Crippen LogP contribution in [-0.2, 0) is 16.1 Å². The molecule has 3 aromatic carbocycles. The molecular formula is C30H24N4O8S. The van der Waals surface area contributed by atoms with Crippen molar-refractivity contribution in [2.75, 3.05) is 24.9 Å². The van der Waals surface area contributed by atoms with Crippen LogP contribution in [0.3, 0.4) is 0 Å². The van der Waals surface area contributed by atoms with Crippen molar-refractivity contribution >= 4 is 46.5 Å². The fourth-order valence-corrected chi connectivity index (χ4v) is 5.10. The first-order chi connectivity index (χ1) is 20.8. The summed E-state index contributed by atoms with van der Waals surface area (Å²) in [5, 5.41) is 16.7. The van der Waals surface area contributed by atoms with Crippen LogP contribution in [0.5, 0.6) is 11.5 Å². The van der Waals surface area contributed by atoms with Gasteiger partial charge in [-0.1, -0.05) is 11.8 Å². The Bertz CT molecular complexity index is 1720. The van der Waals surface area contributed by atoms with E-state index in [0.29, 0.717) is 33.5 Å². The molecule has 12 nitrogen and oxygen atoms in total. The van der Waals surface area contributed by atoms with E-state index in [0.717, 1.165) is 16.7 Å². The molecule has 4 aromatic rings. The third-order valence-corrected chi connectivity index (χ3v) is 7.45. The lowest BCUT2D eigenvalue weighted by Gasteiger charge is -2.15. The maximum atomic E-state index is 13.5. The van der Waals surface area contributed by atoms with Crippen LogP contribution in [0.15, 0.2) is 105 Å². The third-order valence-electron chi connectivity index (χ3n) is 6.36. The maximum Gasteiger partial charge on any atom is 0.278 e. The standard InChI is InChI=1S/C30H24N4O8S/c1-40-21-11-14-24(25(16-21)41-2)32-26-27(30(37)33(29(26)36)17-22-4-3-15-42-22)43-23-12-7-19(8-13-23)31-28(35)18-5-9-20(10-6-18)34(38)39/h3-16,32H,17H2,1-2H3,(H,31,35). The number of anilines is 2. The molecule has 1 aliphatic rings. The summed E-state index contributed by atoms with van der Waals surface area (Å²) in [6.07, 6.45) is 1.47. The summed E-state index contributed by atoms with van der Waals surface area (Å²) < 4.78 is 16.1. The molecule has 1 aliphatic heterocycles. The number of benzene rings is 3. The van der Waals surface area contributed by atoms with Crippen molar-refractivity contribution in [1.29, 1.82) is 0 Å². The summed E-state index contributed by atoms with van der Waals surface area (Å²) in [5.41, 5.74) is 1.14. The Morgan fingerprint density at radius 2 is 1.72 bits per heavy atom. The Morgan fingerprint density at radius 3 is 2.35 bits per heavy atom. The topological polar surface area (TPSA) is 153 Å². The van der Waals surface area contributed by atoms with Crippen molar-refractivity contribution in [3.05, 3.63) is 117 Å². The summed E-state index contributed by atoms with van der Waals surface area (Å²) in [4.78, 5) is 51.9. The van der Waals surface area contributed by atoms with E-state index in [1.54, 1.807) is 54.6 Å². The van der Waals surface area contributed by atoms with E-state index in [4.69, 9.17) is 13.9 Å². The number of amides is 3. The van der Waals surface area contributed by atoms with Crippen LogP contribution in [0.2, 0.25) is 0 Å². The first-order valence-electron chi connectivity index (χ1n) is 12.7. The highest BCUT2D eigenvalue weighted by molar-refractivity contribution is 8.04. The Balaban J connectivity index is 1.38. The van der Waals surface area contributed by atoms with Crippen LogP contribution in [0, 0.1) is 10.1 Å². The molecule has 0 spiro atoms. The van der Waals surface area contributed by atoms with E-state index in [9.17, 15) is 24.5 Å². The SMILES string of the molecule is COc1ccc(NC2=C(Sc3ccc(NC(=O)c4ccc([N+](=O)[O-])cc4)cc3)C(=O)N(Cc3ccco3)C2=O)c(OC)c1. The smallest absolute Gasteiger partial charge is 0.278 e. The molecule has 0 atom stereocenters. The Hall–Kier alpha value is -5.56. The van der Waals surface area contributed by atoms with Gasteiger partial charge in [0, 0.05) is 34.3 Å². The van der Waals surface area contributed by atoms with Crippen LogP contribution in [-0.4, -0.2) is 41.8 Å². The molecule has 0 radical (unpaired) electrons. The minimum absolute atomic E-state index is 0.0483. The molecule has 13 heteroatoms. The van der Waals surface area contributed by atoms with E-state index in [2.05, 4.69) is 10.6 Å². The number of nitrogens with zero attached hydrogens (tertiary/aromatic N) is 2. The number of carbonyl (C=O) groups is 3. The summed E-state index contributed by atoms with van der Waals surface area (Å²) in [5.74, 6) is -0.0646. The van der Waals surface area contributed by atoms with Gasteiger partial charge in [-0.3, -0.25) is 29.4 Å². The van der Waals surface area contributed by atoms with Gasteiger partial charge in [0.15, 0.2) is 0 Å². The average molecular weight is 601 g/mol. The number of imide groups is 1. The zero-order chi connectivity index (χ0) is 30.5. The Kier molecular flexibility index (Phi) is 8.44. The zero-order valence-electron chi connectivity index (χ0n) is 22.9. The van der Waals surface area contributed by atoms with Crippen molar-refractivity contribution in [2.45, 2.75) is 11.4 Å². The number of non-ortho nitro benzene ring substituents is 1. The number of nitrogens with one attached hydrogen (secondary N) is 2. The molecular weight excluding hydrogens is 576 g/mol. The fourth-order valence-electron chi connectivity index (χ4n) is 4.16. The highest BCUT2D eigenvalue weighted by Crippen LogP contribution is 2.39. The number of ether oxygens (including phenoxy) is 2. The molecule has 3 amide bonds. The van der Waals surface area contributed by atoms with Crippen LogP contribution in [0.4, 0.5) is 17.1 Å². The number of carbonyl (C=O) groups excluding carboxylic acids is 3. The van der Waals surface area contributed by atoms with Gasteiger partial charge in [-0.05, 0) is 60.7 Å². The Morgan fingerprint density at radius 1 is 0.977 bits per heavy atom. The van der Waals surface area contributed by atoms with Gasteiger partial charge in [-0.25, -0.2) is 0 Å². The summed E-state index contributed by atoms with van der Waals surface area (Å²) >= 11 is 1.09. The number of furan rings is 1. The van der Waals surface area contributed by atoms with Gasteiger partial charge in [0.2, 0.25) is 0 Å². The van der Waals surface area contributed by atoms with E-state index in [1.807, 2.05) is 0 Å². The lowest BCUT2D eigenvalue weighted by Crippen LogP contribution is -2.31. The van der Waals surface area contributed by atoms with Crippen molar-refractivity contribution in [1.82, 2.24) is 4.90 Å². The second-order valence-corrected chi connectivity index (χ2v) is 10.1. The maximum absolute atomic E-state index is 13.5. The summed E-state index contributed by atoms with van der Waals surface area (Å²) in [7, 11) is 3.01. The first kappa shape index (κ1) is 29.0.